The third-order valence-corrected chi connectivity index (χ3v) is 2.90. The van der Waals surface area contributed by atoms with Crippen LogP contribution in [0.1, 0.15) is 31.4 Å². The molecule has 0 heterocycles. The molecule has 3 nitrogen and oxygen atoms in total. The summed E-state index contributed by atoms with van der Waals surface area (Å²) in [4.78, 5) is 10.8. The predicted octanol–water partition coefficient (Wildman–Crippen LogP) is 3.74. The molecule has 0 radical (unpaired) electrons. The Morgan fingerprint density at radius 1 is 1.37 bits per heavy atom. The molecule has 0 bridgehead atoms. The third-order valence-electron chi connectivity index (χ3n) is 2.90. The average Bonchev–Trinajstić information content (AvgIpc) is 2.43. The fraction of sp³-hybridized carbons (Fsp3) is 0.312. The summed E-state index contributed by atoms with van der Waals surface area (Å²) >= 11 is 0. The van der Waals surface area contributed by atoms with E-state index in [1.807, 2.05) is 43.3 Å². The van der Waals surface area contributed by atoms with E-state index >= 15 is 0 Å². The fourth-order valence-corrected chi connectivity index (χ4v) is 1.76. The van der Waals surface area contributed by atoms with Crippen molar-refractivity contribution in [3.8, 4) is 0 Å². The Hall–Kier alpha value is -1.87. The number of benzene rings is 1. The molecule has 19 heavy (non-hydrogen) atoms. The Kier molecular flexibility index (Phi) is 6.61. The second-order valence-corrected chi connectivity index (χ2v) is 4.15. The lowest BCUT2D eigenvalue weighted by Crippen LogP contribution is -2.00. The molecule has 0 amide bonds. The van der Waals surface area contributed by atoms with Gasteiger partial charge in [0.05, 0.1) is 6.10 Å². The van der Waals surface area contributed by atoms with Crippen molar-refractivity contribution in [2.75, 3.05) is 7.11 Å². The zero-order chi connectivity index (χ0) is 14.1. The van der Waals surface area contributed by atoms with E-state index in [2.05, 4.69) is 0 Å². The van der Waals surface area contributed by atoms with Crippen LogP contribution in [-0.2, 0) is 9.53 Å². The summed E-state index contributed by atoms with van der Waals surface area (Å²) < 4.78 is 5.43. The Morgan fingerprint density at radius 3 is 2.58 bits per heavy atom. The van der Waals surface area contributed by atoms with Crippen LogP contribution in [-0.4, -0.2) is 18.2 Å². The monoisotopic (exact) mass is 260 g/mol. The first-order chi connectivity index (χ1) is 9.19. The first kappa shape index (κ1) is 15.2. The van der Waals surface area contributed by atoms with Crippen LogP contribution in [0.25, 0.3) is 0 Å². The molecule has 0 aliphatic carbocycles. The molecule has 0 spiro atoms. The van der Waals surface area contributed by atoms with Gasteiger partial charge in [-0.3, -0.25) is 0 Å². The van der Waals surface area contributed by atoms with Gasteiger partial charge in [0.25, 0.3) is 0 Å². The summed E-state index contributed by atoms with van der Waals surface area (Å²) in [5, 5.41) is 8.88. The van der Waals surface area contributed by atoms with Crippen LogP contribution in [0.5, 0.6) is 0 Å². The molecule has 1 unspecified atom stereocenters. The van der Waals surface area contributed by atoms with Crippen LogP contribution in [0.2, 0.25) is 0 Å². The van der Waals surface area contributed by atoms with Gasteiger partial charge in [0, 0.05) is 12.7 Å². The summed E-state index contributed by atoms with van der Waals surface area (Å²) in [7, 11) is 1.68. The van der Waals surface area contributed by atoms with Gasteiger partial charge in [0.1, 0.15) is 0 Å². The normalized spacial score (nSPS) is 13.7. The van der Waals surface area contributed by atoms with Gasteiger partial charge in [0.15, 0.2) is 0 Å². The lowest BCUT2D eigenvalue weighted by Gasteiger charge is -2.13. The van der Waals surface area contributed by atoms with Gasteiger partial charge in [-0.2, -0.15) is 0 Å². The molecule has 1 N–H and O–H groups in total. The molecule has 0 aliphatic rings. The van der Waals surface area contributed by atoms with Gasteiger partial charge in [-0.25, -0.2) is 4.79 Å². The molecule has 1 aromatic carbocycles. The molecule has 1 rings (SSSR count). The molecule has 0 saturated heterocycles. The highest BCUT2D eigenvalue weighted by molar-refractivity contribution is 5.86. The standard InChI is InChI=1S/C16H20O3/c1-3-13(16(17)18)9-7-8-12-15(19-2)14-10-5-4-6-11-14/h4-11,15H,3,12H2,1-2H3,(H,17,18). The zero-order valence-corrected chi connectivity index (χ0v) is 11.4. The smallest absolute Gasteiger partial charge is 0.331 e. The Balaban J connectivity index is 2.62. The Morgan fingerprint density at radius 2 is 2.05 bits per heavy atom. The number of methoxy groups -OCH3 is 1. The Labute approximate surface area is 114 Å². The molecule has 0 saturated carbocycles. The number of aliphatic carboxylic acids is 1. The molecule has 102 valence electrons. The lowest BCUT2D eigenvalue weighted by molar-refractivity contribution is -0.132. The van der Waals surface area contributed by atoms with Crippen LogP contribution in [0.4, 0.5) is 0 Å². The summed E-state index contributed by atoms with van der Waals surface area (Å²) in [5.41, 5.74) is 1.53. The van der Waals surface area contributed by atoms with Crippen LogP contribution >= 0.6 is 0 Å². The lowest BCUT2D eigenvalue weighted by atomic mass is 10.1. The molecular formula is C16H20O3. The summed E-state index contributed by atoms with van der Waals surface area (Å²) in [6, 6.07) is 9.96. The van der Waals surface area contributed by atoms with Gasteiger partial charge in [0.2, 0.25) is 0 Å². The number of carboxylic acid groups (broad SMARTS) is 1. The highest BCUT2D eigenvalue weighted by Gasteiger charge is 2.07. The van der Waals surface area contributed by atoms with Gasteiger partial charge < -0.3 is 9.84 Å². The molecular weight excluding hydrogens is 240 g/mol. The molecule has 0 aliphatic heterocycles. The van der Waals surface area contributed by atoms with Crippen molar-refractivity contribution in [3.05, 3.63) is 59.7 Å². The number of carboxylic acids is 1. The van der Waals surface area contributed by atoms with Crippen molar-refractivity contribution in [2.45, 2.75) is 25.9 Å². The minimum absolute atomic E-state index is 0.000699. The number of hydrogen-bond acceptors (Lipinski definition) is 2. The van der Waals surface area contributed by atoms with E-state index in [0.717, 1.165) is 5.56 Å². The molecule has 1 aromatic rings. The predicted molar refractivity (Wildman–Crippen MR) is 76.0 cm³/mol. The van der Waals surface area contributed by atoms with Crippen molar-refractivity contribution in [3.63, 3.8) is 0 Å². The maximum atomic E-state index is 10.8. The van der Waals surface area contributed by atoms with E-state index in [1.165, 1.54) is 0 Å². The van der Waals surface area contributed by atoms with E-state index < -0.39 is 5.97 Å². The topological polar surface area (TPSA) is 46.5 Å². The number of carbonyl (C=O) groups is 1. The van der Waals surface area contributed by atoms with Crippen LogP contribution in [0.3, 0.4) is 0 Å². The van der Waals surface area contributed by atoms with Crippen molar-refractivity contribution < 1.29 is 14.6 Å². The maximum absolute atomic E-state index is 10.8. The van der Waals surface area contributed by atoms with Gasteiger partial charge in [-0.15, -0.1) is 0 Å². The van der Waals surface area contributed by atoms with Crippen molar-refractivity contribution in [2.24, 2.45) is 0 Å². The minimum atomic E-state index is -0.862. The SMILES string of the molecule is CCC(=CC=CCC(OC)c1ccccc1)C(=O)O. The van der Waals surface area contributed by atoms with Crippen LogP contribution in [0, 0.1) is 0 Å². The first-order valence-electron chi connectivity index (χ1n) is 6.35. The molecule has 0 fully saturated rings. The van der Waals surface area contributed by atoms with Gasteiger partial charge >= 0.3 is 5.97 Å². The number of hydrogen-bond donors (Lipinski definition) is 1. The summed E-state index contributed by atoms with van der Waals surface area (Å²) in [6.07, 6.45) is 6.59. The number of allylic oxidation sites excluding steroid dienone is 2. The van der Waals surface area contributed by atoms with E-state index in [9.17, 15) is 4.79 Å². The fourth-order valence-electron chi connectivity index (χ4n) is 1.76. The quantitative estimate of drug-likeness (QED) is 0.600. The van der Waals surface area contributed by atoms with Crippen molar-refractivity contribution in [1.29, 1.82) is 0 Å². The van der Waals surface area contributed by atoms with Crippen molar-refractivity contribution in [1.82, 2.24) is 0 Å². The van der Waals surface area contributed by atoms with E-state index in [-0.39, 0.29) is 6.10 Å². The van der Waals surface area contributed by atoms with Gasteiger partial charge in [-0.1, -0.05) is 55.5 Å². The number of ether oxygens (including phenoxy) is 1. The van der Waals surface area contributed by atoms with Crippen molar-refractivity contribution >= 4 is 5.97 Å². The largest absolute Gasteiger partial charge is 0.478 e. The van der Waals surface area contributed by atoms with Crippen LogP contribution < -0.4 is 0 Å². The molecule has 1 atom stereocenters. The number of rotatable bonds is 7. The molecule has 3 heteroatoms. The summed E-state index contributed by atoms with van der Waals surface area (Å²) in [6.45, 7) is 1.83. The first-order valence-corrected chi connectivity index (χ1v) is 6.35. The van der Waals surface area contributed by atoms with E-state index in [0.29, 0.717) is 18.4 Å². The van der Waals surface area contributed by atoms with Gasteiger partial charge in [-0.05, 0) is 18.4 Å². The van der Waals surface area contributed by atoms with E-state index in [4.69, 9.17) is 9.84 Å². The highest BCUT2D eigenvalue weighted by Crippen LogP contribution is 2.20. The molecule has 0 aromatic heterocycles. The second kappa shape index (κ2) is 8.27. The third kappa shape index (κ3) is 5.10. The zero-order valence-electron chi connectivity index (χ0n) is 11.4. The van der Waals surface area contributed by atoms with Crippen LogP contribution in [0.15, 0.2) is 54.1 Å². The average molecular weight is 260 g/mol. The maximum Gasteiger partial charge on any atom is 0.331 e. The minimum Gasteiger partial charge on any atom is -0.478 e. The Bertz CT molecular complexity index is 446. The summed E-state index contributed by atoms with van der Waals surface area (Å²) in [5.74, 6) is -0.862. The highest BCUT2D eigenvalue weighted by atomic mass is 16.5. The second-order valence-electron chi connectivity index (χ2n) is 4.15. The van der Waals surface area contributed by atoms with E-state index in [1.54, 1.807) is 19.3 Å².